The minimum absolute atomic E-state index is 0.0705. The van der Waals surface area contributed by atoms with E-state index in [0.717, 1.165) is 24.9 Å². The Hall–Kier alpha value is -3.73. The van der Waals surface area contributed by atoms with Gasteiger partial charge in [-0.3, -0.25) is 9.36 Å². The number of ether oxygens (including phenoxy) is 1. The average molecular weight is 476 g/mol. The number of carbonyl (C=O) groups excluding carboxylic acids is 1. The zero-order valence-corrected chi connectivity index (χ0v) is 20.9. The van der Waals surface area contributed by atoms with E-state index in [2.05, 4.69) is 22.1 Å². The molecular weight excluding hydrogens is 442 g/mol. The predicted octanol–water partition coefficient (Wildman–Crippen LogP) is 3.76. The van der Waals surface area contributed by atoms with Crippen LogP contribution in [0, 0.1) is 11.8 Å². The fourth-order valence-corrected chi connectivity index (χ4v) is 4.37. The third-order valence-corrected chi connectivity index (χ3v) is 5.88. The molecule has 3 aromatic rings. The molecule has 0 aliphatic carbocycles. The van der Waals surface area contributed by atoms with Gasteiger partial charge in [0.1, 0.15) is 11.1 Å². The lowest BCUT2D eigenvalue weighted by atomic mass is 10.1. The van der Waals surface area contributed by atoms with E-state index in [1.807, 2.05) is 61.7 Å². The number of nitrogens with one attached hydrogen (secondary N) is 1. The summed E-state index contributed by atoms with van der Waals surface area (Å²) in [6, 6.07) is 11.7. The maximum Gasteiger partial charge on any atom is 0.407 e. The van der Waals surface area contributed by atoms with E-state index in [1.165, 1.54) is 0 Å². The van der Waals surface area contributed by atoms with E-state index in [1.54, 1.807) is 17.7 Å². The van der Waals surface area contributed by atoms with Gasteiger partial charge < -0.3 is 19.5 Å². The molecule has 0 bridgehead atoms. The van der Waals surface area contributed by atoms with Gasteiger partial charge in [0, 0.05) is 25.3 Å². The van der Waals surface area contributed by atoms with Crippen LogP contribution in [0.15, 0.2) is 47.4 Å². The minimum Gasteiger partial charge on any atom is -0.444 e. The zero-order valence-electron chi connectivity index (χ0n) is 20.9. The topological polar surface area (TPSA) is 81.4 Å². The molecule has 4 rings (SSSR count). The third kappa shape index (κ3) is 5.86. The molecule has 1 unspecified atom stereocenters. The Labute approximate surface area is 205 Å². The van der Waals surface area contributed by atoms with Gasteiger partial charge in [-0.25, -0.2) is 9.78 Å². The van der Waals surface area contributed by atoms with Crippen LogP contribution in [0.3, 0.4) is 0 Å². The van der Waals surface area contributed by atoms with Crippen LogP contribution in [0.4, 0.5) is 10.7 Å². The number of benzene rings is 1. The Morgan fingerprint density at radius 2 is 2.00 bits per heavy atom. The van der Waals surface area contributed by atoms with E-state index in [0.29, 0.717) is 36.6 Å². The lowest BCUT2D eigenvalue weighted by Crippen LogP contribution is -2.49. The first-order valence-electron chi connectivity index (χ1n) is 12.0. The lowest BCUT2D eigenvalue weighted by Gasteiger charge is -2.34. The molecule has 1 aliphatic heterocycles. The summed E-state index contributed by atoms with van der Waals surface area (Å²) < 4.78 is 9.05. The number of pyridine rings is 1. The van der Waals surface area contributed by atoms with Crippen molar-refractivity contribution in [2.24, 2.45) is 0 Å². The molecule has 35 heavy (non-hydrogen) atoms. The van der Waals surface area contributed by atoms with Gasteiger partial charge in [0.25, 0.3) is 5.56 Å². The highest BCUT2D eigenvalue weighted by Gasteiger charge is 2.27. The average Bonchev–Trinajstić information content (AvgIpc) is 3.18. The number of piperidine rings is 1. The Morgan fingerprint density at radius 3 is 2.71 bits per heavy atom. The number of rotatable bonds is 5. The van der Waals surface area contributed by atoms with Gasteiger partial charge in [0.05, 0.1) is 18.6 Å². The number of alkyl carbamates (subject to hydrolysis) is 1. The normalized spacial score (nSPS) is 16.0. The third-order valence-electron chi connectivity index (χ3n) is 5.88. The zero-order chi connectivity index (χ0) is 25.0. The Balaban J connectivity index is 1.65. The number of hydrogen-bond acceptors (Lipinski definition) is 5. The predicted molar refractivity (Wildman–Crippen MR) is 138 cm³/mol. The number of anilines is 1. The largest absolute Gasteiger partial charge is 0.444 e. The monoisotopic (exact) mass is 475 g/mol. The van der Waals surface area contributed by atoms with Crippen LogP contribution < -0.4 is 15.8 Å². The van der Waals surface area contributed by atoms with E-state index in [-0.39, 0.29) is 11.6 Å². The number of aromatic nitrogens is 3. The number of nitrogens with zero attached hydrogens (tertiary/aromatic N) is 4. The maximum absolute atomic E-state index is 13.5. The second kappa shape index (κ2) is 10.3. The SMILES string of the molecule is CC#CCn1c(N2CCCC(NC(=O)OC(C)(C)C)C2)nc2ccn(Cc3ccccc3)c(=O)c21. The lowest BCUT2D eigenvalue weighted by molar-refractivity contribution is 0.0500. The smallest absolute Gasteiger partial charge is 0.407 e. The van der Waals surface area contributed by atoms with Crippen LogP contribution in [0.1, 0.15) is 46.1 Å². The van der Waals surface area contributed by atoms with E-state index in [9.17, 15) is 9.59 Å². The van der Waals surface area contributed by atoms with Crippen molar-refractivity contribution in [3.05, 3.63) is 58.5 Å². The fraction of sp³-hybridized carbons (Fsp3) is 0.444. The number of hydrogen-bond donors (Lipinski definition) is 1. The van der Waals surface area contributed by atoms with E-state index < -0.39 is 11.7 Å². The summed E-state index contributed by atoms with van der Waals surface area (Å²) >= 11 is 0. The van der Waals surface area contributed by atoms with E-state index in [4.69, 9.17) is 9.72 Å². The molecule has 1 N–H and O–H groups in total. The summed E-state index contributed by atoms with van der Waals surface area (Å²) in [5, 5.41) is 2.99. The summed E-state index contributed by atoms with van der Waals surface area (Å²) in [4.78, 5) is 32.8. The van der Waals surface area contributed by atoms with Crippen molar-refractivity contribution in [3.63, 3.8) is 0 Å². The maximum atomic E-state index is 13.5. The minimum atomic E-state index is -0.551. The molecule has 0 spiro atoms. The fourth-order valence-electron chi connectivity index (χ4n) is 4.37. The molecule has 1 fully saturated rings. The molecular formula is C27H33N5O3. The Morgan fingerprint density at radius 1 is 1.23 bits per heavy atom. The highest BCUT2D eigenvalue weighted by atomic mass is 16.6. The number of amides is 1. The van der Waals surface area contributed by atoms with Gasteiger partial charge in [-0.1, -0.05) is 36.3 Å². The summed E-state index contributed by atoms with van der Waals surface area (Å²) in [6.07, 6.45) is 3.13. The highest BCUT2D eigenvalue weighted by Crippen LogP contribution is 2.24. The Kier molecular flexibility index (Phi) is 7.15. The first-order valence-corrected chi connectivity index (χ1v) is 12.0. The van der Waals surface area contributed by atoms with Gasteiger partial charge in [-0.2, -0.15) is 0 Å². The van der Waals surface area contributed by atoms with Gasteiger partial charge in [0.2, 0.25) is 5.95 Å². The molecule has 1 amide bonds. The van der Waals surface area contributed by atoms with Crippen LogP contribution >= 0.6 is 0 Å². The number of fused-ring (bicyclic) bond motifs is 1. The van der Waals surface area contributed by atoms with Crippen molar-refractivity contribution in [2.75, 3.05) is 18.0 Å². The van der Waals surface area contributed by atoms with Gasteiger partial charge in [-0.15, -0.1) is 5.92 Å². The second-order valence-electron chi connectivity index (χ2n) is 9.82. The quantitative estimate of drug-likeness (QED) is 0.569. The molecule has 8 heteroatoms. The summed E-state index contributed by atoms with van der Waals surface area (Å²) in [5.41, 5.74) is 1.60. The first kappa shape index (κ1) is 24.4. The molecule has 1 aromatic carbocycles. The van der Waals surface area contributed by atoms with Crippen molar-refractivity contribution in [2.45, 2.75) is 65.3 Å². The molecule has 1 atom stereocenters. The summed E-state index contributed by atoms with van der Waals surface area (Å²) in [6.45, 7) is 9.56. The standard InChI is InChI=1S/C27H33N5O3/c1-5-6-16-32-23-22(14-17-30(24(23)33)18-20-11-8-7-9-12-20)29-25(32)31-15-10-13-21(19-31)28-26(34)35-27(2,3)4/h7-9,11-12,14,17,21H,10,13,15-16,18-19H2,1-4H3,(H,28,34). The molecule has 3 heterocycles. The van der Waals surface area contributed by atoms with Crippen molar-refractivity contribution in [3.8, 4) is 11.8 Å². The van der Waals surface area contributed by atoms with Gasteiger partial charge in [0.15, 0.2) is 0 Å². The molecule has 184 valence electrons. The van der Waals surface area contributed by atoms with Crippen LogP contribution in [0.2, 0.25) is 0 Å². The molecule has 0 radical (unpaired) electrons. The number of imidazole rings is 1. The molecule has 8 nitrogen and oxygen atoms in total. The molecule has 1 aliphatic rings. The van der Waals surface area contributed by atoms with Gasteiger partial charge in [-0.05, 0) is 52.2 Å². The number of carbonyl (C=O) groups is 1. The second-order valence-corrected chi connectivity index (χ2v) is 9.82. The first-order chi connectivity index (χ1) is 16.7. The highest BCUT2D eigenvalue weighted by molar-refractivity contribution is 5.78. The van der Waals surface area contributed by atoms with Crippen LogP contribution in [0.25, 0.3) is 11.0 Å². The molecule has 2 aromatic heterocycles. The van der Waals surface area contributed by atoms with Crippen LogP contribution in [-0.4, -0.2) is 44.9 Å². The van der Waals surface area contributed by atoms with Crippen molar-refractivity contribution < 1.29 is 9.53 Å². The van der Waals surface area contributed by atoms with Crippen molar-refractivity contribution in [1.82, 2.24) is 19.4 Å². The van der Waals surface area contributed by atoms with Gasteiger partial charge >= 0.3 is 6.09 Å². The molecule has 0 saturated carbocycles. The summed E-state index contributed by atoms with van der Waals surface area (Å²) in [7, 11) is 0. The molecule has 1 saturated heterocycles. The van der Waals surface area contributed by atoms with E-state index >= 15 is 0 Å². The van der Waals surface area contributed by atoms with Crippen molar-refractivity contribution >= 4 is 23.1 Å². The Bertz CT molecular complexity index is 1310. The van der Waals surface area contributed by atoms with Crippen LogP contribution in [-0.2, 0) is 17.8 Å². The van der Waals surface area contributed by atoms with Crippen molar-refractivity contribution in [1.29, 1.82) is 0 Å². The van der Waals surface area contributed by atoms with Crippen LogP contribution in [0.5, 0.6) is 0 Å². The summed E-state index contributed by atoms with van der Waals surface area (Å²) in [5.74, 6) is 6.73.